The number of hydrogen-bond acceptors (Lipinski definition) is 5. The highest BCUT2D eigenvalue weighted by atomic mass is 19.1. The molecule has 0 bridgehead atoms. The van der Waals surface area contributed by atoms with Gasteiger partial charge >= 0.3 is 11.7 Å². The molecule has 0 spiro atoms. The maximum atomic E-state index is 14.0. The lowest BCUT2D eigenvalue weighted by Crippen LogP contribution is -2.31. The van der Waals surface area contributed by atoms with Gasteiger partial charge in [-0.05, 0) is 13.0 Å². The molecule has 0 N–H and O–H groups in total. The van der Waals surface area contributed by atoms with Gasteiger partial charge in [0.05, 0.1) is 18.6 Å². The number of esters is 1. The largest absolute Gasteiger partial charge is 0.468 e. The highest BCUT2D eigenvalue weighted by Crippen LogP contribution is 2.21. The lowest BCUT2D eigenvalue weighted by atomic mass is 10.1. The van der Waals surface area contributed by atoms with Crippen LogP contribution in [0, 0.1) is 15.9 Å². The van der Waals surface area contributed by atoms with Crippen molar-refractivity contribution in [3.63, 3.8) is 0 Å². The Labute approximate surface area is 116 Å². The minimum Gasteiger partial charge on any atom is -0.468 e. The number of ether oxygens (including phenoxy) is 1. The van der Waals surface area contributed by atoms with Crippen molar-refractivity contribution in [1.82, 2.24) is 4.90 Å². The van der Waals surface area contributed by atoms with Crippen LogP contribution in [0.5, 0.6) is 0 Å². The average molecular weight is 284 g/mol. The molecule has 0 atom stereocenters. The van der Waals surface area contributed by atoms with Crippen LogP contribution < -0.4 is 0 Å². The summed E-state index contributed by atoms with van der Waals surface area (Å²) in [6.45, 7) is 2.63. The van der Waals surface area contributed by atoms with Crippen LogP contribution >= 0.6 is 0 Å². The van der Waals surface area contributed by atoms with E-state index in [4.69, 9.17) is 0 Å². The van der Waals surface area contributed by atoms with Crippen molar-refractivity contribution in [2.45, 2.75) is 19.9 Å². The summed E-state index contributed by atoms with van der Waals surface area (Å²) in [5.41, 5.74) is -0.367. The number of methoxy groups -OCH3 is 1. The molecule has 20 heavy (non-hydrogen) atoms. The van der Waals surface area contributed by atoms with Crippen molar-refractivity contribution >= 4 is 11.7 Å². The molecule has 0 aromatic heterocycles. The minimum absolute atomic E-state index is 0.0203. The Morgan fingerprint density at radius 3 is 2.75 bits per heavy atom. The third-order valence-corrected chi connectivity index (χ3v) is 2.77. The molecule has 110 valence electrons. The summed E-state index contributed by atoms with van der Waals surface area (Å²) in [6.07, 6.45) is 0.771. The standard InChI is InChI=1S/C13H17FN2O4/c1-3-7-15(9-12(17)20-2)8-10-5-4-6-11(13(10)14)16(18)19/h4-6H,3,7-9H2,1-2H3. The van der Waals surface area contributed by atoms with E-state index >= 15 is 0 Å². The van der Waals surface area contributed by atoms with Crippen molar-refractivity contribution in [3.8, 4) is 0 Å². The molecular weight excluding hydrogens is 267 g/mol. The summed E-state index contributed by atoms with van der Waals surface area (Å²) in [4.78, 5) is 22.9. The number of benzene rings is 1. The van der Waals surface area contributed by atoms with Crippen LogP contribution in [0.25, 0.3) is 0 Å². The molecule has 6 nitrogen and oxygen atoms in total. The summed E-state index contributed by atoms with van der Waals surface area (Å²) in [5, 5.41) is 10.7. The van der Waals surface area contributed by atoms with Crippen molar-refractivity contribution in [2.24, 2.45) is 0 Å². The van der Waals surface area contributed by atoms with E-state index in [1.807, 2.05) is 6.92 Å². The van der Waals surface area contributed by atoms with E-state index in [1.165, 1.54) is 19.2 Å². The maximum Gasteiger partial charge on any atom is 0.319 e. The molecule has 0 aliphatic heterocycles. The van der Waals surface area contributed by atoms with Crippen LogP contribution in [0.15, 0.2) is 18.2 Å². The Kier molecular flexibility index (Phi) is 6.05. The molecule has 0 aliphatic carbocycles. The highest BCUT2D eigenvalue weighted by molar-refractivity contribution is 5.71. The number of halogens is 1. The molecule has 1 aromatic rings. The topological polar surface area (TPSA) is 72.7 Å². The van der Waals surface area contributed by atoms with Gasteiger partial charge in [0, 0.05) is 18.2 Å². The van der Waals surface area contributed by atoms with Gasteiger partial charge < -0.3 is 4.74 Å². The van der Waals surface area contributed by atoms with Crippen molar-refractivity contribution < 1.29 is 18.8 Å². The number of rotatable bonds is 7. The first-order valence-corrected chi connectivity index (χ1v) is 6.20. The van der Waals surface area contributed by atoms with Crippen molar-refractivity contribution in [2.75, 3.05) is 20.2 Å². The second-order valence-electron chi connectivity index (χ2n) is 4.29. The number of nitrogens with zero attached hydrogens (tertiary/aromatic N) is 2. The first-order chi connectivity index (χ1) is 9.49. The van der Waals surface area contributed by atoms with E-state index < -0.39 is 22.4 Å². The SMILES string of the molecule is CCCN(CC(=O)OC)Cc1cccc([N+](=O)[O-])c1F. The fraction of sp³-hybridized carbons (Fsp3) is 0.462. The summed E-state index contributed by atoms with van der Waals surface area (Å²) < 4.78 is 18.5. The Hall–Kier alpha value is -2.02. The van der Waals surface area contributed by atoms with E-state index in [1.54, 1.807) is 4.90 Å². The first-order valence-electron chi connectivity index (χ1n) is 6.20. The molecule has 1 rings (SSSR count). The minimum atomic E-state index is -0.858. The highest BCUT2D eigenvalue weighted by Gasteiger charge is 2.19. The number of carbonyl (C=O) groups is 1. The lowest BCUT2D eigenvalue weighted by molar-refractivity contribution is -0.387. The molecule has 7 heteroatoms. The Morgan fingerprint density at radius 2 is 2.20 bits per heavy atom. The summed E-state index contributed by atoms with van der Waals surface area (Å²) in [5.74, 6) is -1.28. The third kappa shape index (κ3) is 4.27. The molecule has 0 unspecified atom stereocenters. The fourth-order valence-electron chi connectivity index (χ4n) is 1.85. The molecule has 0 heterocycles. The summed E-state index contributed by atoms with van der Waals surface area (Å²) in [6, 6.07) is 4.02. The maximum absolute atomic E-state index is 14.0. The van der Waals surface area contributed by atoms with Crippen LogP contribution in [0.3, 0.4) is 0 Å². The third-order valence-electron chi connectivity index (χ3n) is 2.77. The van der Waals surface area contributed by atoms with Gasteiger partial charge in [-0.3, -0.25) is 19.8 Å². The number of carbonyl (C=O) groups excluding carboxylic acids is 1. The van der Waals surface area contributed by atoms with E-state index in [-0.39, 0.29) is 18.7 Å². The van der Waals surface area contributed by atoms with Gasteiger partial charge in [0.15, 0.2) is 0 Å². The predicted molar refractivity (Wildman–Crippen MR) is 70.6 cm³/mol. The van der Waals surface area contributed by atoms with Gasteiger partial charge in [-0.1, -0.05) is 19.1 Å². The van der Waals surface area contributed by atoms with Gasteiger partial charge in [0.2, 0.25) is 5.82 Å². The van der Waals surface area contributed by atoms with Crippen LogP contribution in [0.4, 0.5) is 10.1 Å². The monoisotopic (exact) mass is 284 g/mol. The van der Waals surface area contributed by atoms with Crippen molar-refractivity contribution in [1.29, 1.82) is 0 Å². The Balaban J connectivity index is 2.90. The summed E-state index contributed by atoms with van der Waals surface area (Å²) in [7, 11) is 1.28. The van der Waals surface area contributed by atoms with E-state index in [0.717, 1.165) is 12.5 Å². The van der Waals surface area contributed by atoms with Crippen LogP contribution in [0.1, 0.15) is 18.9 Å². The van der Waals surface area contributed by atoms with E-state index in [0.29, 0.717) is 6.54 Å². The molecule has 0 saturated heterocycles. The first kappa shape index (κ1) is 16.0. The average Bonchev–Trinajstić information content (AvgIpc) is 2.40. The zero-order valence-corrected chi connectivity index (χ0v) is 11.5. The number of nitro benzene ring substituents is 1. The fourth-order valence-corrected chi connectivity index (χ4v) is 1.85. The normalized spacial score (nSPS) is 10.6. The van der Waals surface area contributed by atoms with Gasteiger partial charge in [0.25, 0.3) is 0 Å². The van der Waals surface area contributed by atoms with Crippen LogP contribution in [-0.4, -0.2) is 36.0 Å². The van der Waals surface area contributed by atoms with Gasteiger partial charge in [0.1, 0.15) is 0 Å². The summed E-state index contributed by atoms with van der Waals surface area (Å²) >= 11 is 0. The molecule has 0 amide bonds. The van der Waals surface area contributed by atoms with Crippen LogP contribution in [-0.2, 0) is 16.1 Å². The molecular formula is C13H17FN2O4. The zero-order valence-electron chi connectivity index (χ0n) is 11.5. The quantitative estimate of drug-likeness (QED) is 0.435. The zero-order chi connectivity index (χ0) is 15.1. The lowest BCUT2D eigenvalue weighted by Gasteiger charge is -2.20. The smallest absolute Gasteiger partial charge is 0.319 e. The second-order valence-corrected chi connectivity index (χ2v) is 4.29. The molecule has 0 saturated carbocycles. The Bertz CT molecular complexity index is 493. The molecule has 1 aromatic carbocycles. The number of nitro groups is 1. The van der Waals surface area contributed by atoms with Crippen molar-refractivity contribution in [3.05, 3.63) is 39.7 Å². The van der Waals surface area contributed by atoms with Gasteiger partial charge in [-0.15, -0.1) is 0 Å². The van der Waals surface area contributed by atoms with Gasteiger partial charge in [-0.2, -0.15) is 4.39 Å². The molecule has 0 aliphatic rings. The second kappa shape index (κ2) is 7.54. The van der Waals surface area contributed by atoms with E-state index in [2.05, 4.69) is 4.74 Å². The Morgan fingerprint density at radius 1 is 1.50 bits per heavy atom. The van der Waals surface area contributed by atoms with Gasteiger partial charge in [-0.25, -0.2) is 0 Å². The van der Waals surface area contributed by atoms with E-state index in [9.17, 15) is 19.3 Å². The number of hydrogen-bond donors (Lipinski definition) is 0. The van der Waals surface area contributed by atoms with Crippen LogP contribution in [0.2, 0.25) is 0 Å². The predicted octanol–water partition coefficient (Wildman–Crippen LogP) is 2.12. The molecule has 0 fully saturated rings. The molecule has 0 radical (unpaired) electrons.